The molecule has 34 heavy (non-hydrogen) atoms. The van der Waals surface area contributed by atoms with Gasteiger partial charge in [0.05, 0.1) is 11.8 Å². The van der Waals surface area contributed by atoms with Crippen LogP contribution in [0.25, 0.3) is 10.2 Å². The van der Waals surface area contributed by atoms with E-state index in [4.69, 9.17) is 0 Å². The molecule has 2 aliphatic carbocycles. The van der Waals surface area contributed by atoms with E-state index in [2.05, 4.69) is 49.8 Å². The number of halogens is 3. The van der Waals surface area contributed by atoms with Crippen LogP contribution < -0.4 is 15.5 Å². The molecule has 0 unspecified atom stereocenters. The van der Waals surface area contributed by atoms with Crippen molar-refractivity contribution in [2.75, 3.05) is 30.4 Å². The van der Waals surface area contributed by atoms with Crippen molar-refractivity contribution >= 4 is 33.1 Å². The maximum atomic E-state index is 12.9. The van der Waals surface area contributed by atoms with Gasteiger partial charge < -0.3 is 15.5 Å². The molecular weight excluding hydrogens is 459 g/mol. The van der Waals surface area contributed by atoms with E-state index in [1.165, 1.54) is 30.4 Å². The molecule has 5 nitrogen and oxygen atoms in total. The van der Waals surface area contributed by atoms with Crippen molar-refractivity contribution in [1.29, 1.82) is 0 Å². The van der Waals surface area contributed by atoms with Crippen LogP contribution in [0.4, 0.5) is 24.7 Å². The smallest absolute Gasteiger partial charge is 0.382 e. The summed E-state index contributed by atoms with van der Waals surface area (Å²) in [4.78, 5) is 11.9. The van der Waals surface area contributed by atoms with E-state index in [-0.39, 0.29) is 11.0 Å². The van der Waals surface area contributed by atoms with Crippen LogP contribution in [-0.4, -0.2) is 42.3 Å². The first-order chi connectivity index (χ1) is 16.3. The van der Waals surface area contributed by atoms with Crippen molar-refractivity contribution in [1.82, 2.24) is 15.3 Å². The van der Waals surface area contributed by atoms with Crippen LogP contribution >= 0.6 is 11.3 Å². The number of nitrogens with zero attached hydrogens (tertiary/aromatic N) is 3. The molecule has 3 fully saturated rings. The summed E-state index contributed by atoms with van der Waals surface area (Å²) < 4.78 is 38.6. The maximum Gasteiger partial charge on any atom is 0.393 e. The molecule has 180 valence electrons. The highest BCUT2D eigenvalue weighted by Crippen LogP contribution is 2.51. The highest BCUT2D eigenvalue weighted by Gasteiger charge is 2.49. The highest BCUT2D eigenvalue weighted by atomic mass is 32.1. The molecule has 1 aliphatic heterocycles. The number of fused-ring (bicyclic) bond motifs is 1. The number of nitrogens with one attached hydrogen (secondary N) is 2. The van der Waals surface area contributed by atoms with Gasteiger partial charge in [-0.2, -0.15) is 13.2 Å². The number of hydrogen-bond acceptors (Lipinski definition) is 6. The predicted molar refractivity (Wildman–Crippen MR) is 129 cm³/mol. The maximum absolute atomic E-state index is 12.9. The number of aromatic nitrogens is 2. The lowest BCUT2D eigenvalue weighted by Crippen LogP contribution is -2.46. The Labute approximate surface area is 200 Å². The Morgan fingerprint density at radius 1 is 1.12 bits per heavy atom. The van der Waals surface area contributed by atoms with Gasteiger partial charge in [-0.15, -0.1) is 11.3 Å². The Kier molecular flexibility index (Phi) is 5.08. The van der Waals surface area contributed by atoms with E-state index in [1.807, 2.05) is 7.05 Å². The van der Waals surface area contributed by atoms with Gasteiger partial charge >= 0.3 is 6.18 Å². The second-order valence-corrected chi connectivity index (χ2v) is 11.4. The van der Waals surface area contributed by atoms with Gasteiger partial charge in [-0.3, -0.25) is 0 Å². The van der Waals surface area contributed by atoms with Crippen LogP contribution in [-0.2, 0) is 12.0 Å². The number of benzene rings is 1. The van der Waals surface area contributed by atoms with Gasteiger partial charge in [-0.1, -0.05) is 12.1 Å². The van der Waals surface area contributed by atoms with Crippen molar-refractivity contribution in [2.24, 2.45) is 5.41 Å². The van der Waals surface area contributed by atoms with Crippen LogP contribution in [0.3, 0.4) is 0 Å². The van der Waals surface area contributed by atoms with Gasteiger partial charge in [-0.25, -0.2) is 9.97 Å². The normalized spacial score (nSPS) is 25.6. The Morgan fingerprint density at radius 2 is 1.88 bits per heavy atom. The largest absolute Gasteiger partial charge is 0.393 e. The van der Waals surface area contributed by atoms with Crippen LogP contribution in [0, 0.1) is 5.41 Å². The van der Waals surface area contributed by atoms with Gasteiger partial charge in [0.1, 0.15) is 17.0 Å². The average molecular weight is 488 g/mol. The molecule has 2 saturated carbocycles. The molecule has 0 atom stereocenters. The Hall–Kier alpha value is -2.39. The Morgan fingerprint density at radius 3 is 2.56 bits per heavy atom. The first-order valence-electron chi connectivity index (χ1n) is 11.9. The summed E-state index contributed by atoms with van der Waals surface area (Å²) in [7, 11) is 2.03. The summed E-state index contributed by atoms with van der Waals surface area (Å²) in [5, 5.41) is 7.87. The standard InChI is InChI=1S/C25H28F3N5S/c1-29-24(6-7-24)16-2-4-17(5-3-16)32-18-11-23(12-18)8-9-33(14-23)21-20-10-19(13-25(26,27)28)34-22(20)31-15-30-21/h2-5,10,15,18,29,32H,6-9,11-14H2,1H3. The minimum absolute atomic E-state index is 0.189. The highest BCUT2D eigenvalue weighted by molar-refractivity contribution is 7.18. The Bertz CT molecular complexity index is 1200. The molecule has 9 heteroatoms. The summed E-state index contributed by atoms with van der Waals surface area (Å²) in [6, 6.07) is 10.9. The molecule has 3 aromatic rings. The van der Waals surface area contributed by atoms with Crippen molar-refractivity contribution < 1.29 is 13.2 Å². The number of thiophene rings is 1. The minimum atomic E-state index is -4.22. The second-order valence-electron chi connectivity index (χ2n) is 10.3. The van der Waals surface area contributed by atoms with E-state index >= 15 is 0 Å². The molecule has 3 heterocycles. The first-order valence-corrected chi connectivity index (χ1v) is 12.7. The van der Waals surface area contributed by atoms with Crippen LogP contribution in [0.1, 0.15) is 42.5 Å². The van der Waals surface area contributed by atoms with E-state index in [1.54, 1.807) is 6.07 Å². The van der Waals surface area contributed by atoms with Gasteiger partial charge in [0.15, 0.2) is 0 Å². The molecule has 2 N–H and O–H groups in total. The van der Waals surface area contributed by atoms with Gasteiger partial charge in [0.2, 0.25) is 0 Å². The van der Waals surface area contributed by atoms with Crippen molar-refractivity contribution in [3.8, 4) is 0 Å². The average Bonchev–Trinajstić information content (AvgIpc) is 3.27. The zero-order valence-electron chi connectivity index (χ0n) is 19.1. The van der Waals surface area contributed by atoms with Gasteiger partial charge in [-0.05, 0) is 68.3 Å². The predicted octanol–water partition coefficient (Wildman–Crippen LogP) is 5.48. The lowest BCUT2D eigenvalue weighted by atomic mass is 9.65. The molecule has 0 amide bonds. The fraction of sp³-hybridized carbons (Fsp3) is 0.520. The lowest BCUT2D eigenvalue weighted by molar-refractivity contribution is -0.126. The number of rotatable bonds is 6. The quantitative estimate of drug-likeness (QED) is 0.483. The molecule has 0 bridgehead atoms. The lowest BCUT2D eigenvalue weighted by Gasteiger charge is -2.46. The summed E-state index contributed by atoms with van der Waals surface area (Å²) in [6.07, 6.45) is 2.03. The van der Waals surface area contributed by atoms with Crippen molar-refractivity contribution in [2.45, 2.75) is 56.3 Å². The monoisotopic (exact) mass is 487 g/mol. The van der Waals surface area contributed by atoms with Crippen LogP contribution in [0.2, 0.25) is 0 Å². The van der Waals surface area contributed by atoms with E-state index in [0.717, 1.165) is 54.9 Å². The van der Waals surface area contributed by atoms with Gasteiger partial charge in [0.25, 0.3) is 0 Å². The first kappa shape index (κ1) is 22.1. The number of anilines is 2. The molecule has 2 aromatic heterocycles. The van der Waals surface area contributed by atoms with Crippen LogP contribution in [0.15, 0.2) is 36.7 Å². The molecule has 0 radical (unpaired) electrons. The summed E-state index contributed by atoms with van der Waals surface area (Å²) >= 11 is 1.11. The third-order valence-corrected chi connectivity index (χ3v) is 8.91. The number of hydrogen-bond donors (Lipinski definition) is 2. The van der Waals surface area contributed by atoms with Crippen molar-refractivity contribution in [3.05, 3.63) is 47.1 Å². The number of alkyl halides is 3. The van der Waals surface area contributed by atoms with E-state index in [0.29, 0.717) is 15.7 Å². The SMILES string of the molecule is CNC1(c2ccc(NC3CC4(CCN(c5ncnc6sc(CC(F)(F)F)cc56)C4)C3)cc2)CC1. The third kappa shape index (κ3) is 4.02. The minimum Gasteiger partial charge on any atom is -0.382 e. The van der Waals surface area contributed by atoms with Crippen LogP contribution in [0.5, 0.6) is 0 Å². The fourth-order valence-electron chi connectivity index (χ4n) is 5.90. The van der Waals surface area contributed by atoms with E-state index in [9.17, 15) is 13.2 Å². The van der Waals surface area contributed by atoms with Crippen molar-refractivity contribution in [3.63, 3.8) is 0 Å². The zero-order chi connectivity index (χ0) is 23.6. The fourth-order valence-corrected chi connectivity index (χ4v) is 6.92. The molecule has 1 saturated heterocycles. The summed E-state index contributed by atoms with van der Waals surface area (Å²) in [6.45, 7) is 1.77. The topological polar surface area (TPSA) is 53.1 Å². The molecule has 3 aliphatic rings. The van der Waals surface area contributed by atoms with E-state index < -0.39 is 12.6 Å². The molecule has 1 aromatic carbocycles. The molecule has 6 rings (SSSR count). The summed E-state index contributed by atoms with van der Waals surface area (Å²) in [5.41, 5.74) is 2.97. The zero-order valence-corrected chi connectivity index (χ0v) is 19.9. The second kappa shape index (κ2) is 7.81. The Balaban J connectivity index is 1.09. The van der Waals surface area contributed by atoms with Gasteiger partial charge in [0, 0.05) is 35.2 Å². The third-order valence-electron chi connectivity index (χ3n) is 7.87. The molecule has 1 spiro atoms. The molecular formula is C25H28F3N5S. The summed E-state index contributed by atoms with van der Waals surface area (Å²) in [5.74, 6) is 0.775.